The smallest absolute Gasteiger partial charge is 0.245 e. The number of rotatable bonds is 9. The fraction of sp³-hybridized carbons (Fsp3) is 0.824. The standard InChI is InChI=1S/C51H66N6O6/c58-43(37-19-25-1-7-31(37)13-25)55(44(59)38-20-26-2-8-32(38)14-26)49-52-50(56(45(60)39-21-27-3-9-33(39)15-27)46(61)40-22-28-4-10-34(40)16-28)54-51(53-49)57(47(62)41-23-29-5-11-35(41)17-29)48(63)42-24-30-6-12-36(42)18-30/h25-42H,1-24H2. The molecule has 12 bridgehead atoms. The number of hydrogen-bond donors (Lipinski definition) is 0. The Morgan fingerprint density at radius 1 is 0.270 bits per heavy atom. The van der Waals surface area contributed by atoms with Crippen molar-refractivity contribution in [1.82, 2.24) is 15.0 Å². The lowest BCUT2D eigenvalue weighted by molar-refractivity contribution is -0.134. The average Bonchev–Trinajstić information content (AvgIpc) is 4.15. The number of carbonyl (C=O) groups is 6. The van der Waals surface area contributed by atoms with E-state index in [4.69, 9.17) is 15.0 Å². The summed E-state index contributed by atoms with van der Waals surface area (Å²) in [6.45, 7) is 0. The van der Waals surface area contributed by atoms with Crippen LogP contribution in [0.4, 0.5) is 17.8 Å². The summed E-state index contributed by atoms with van der Waals surface area (Å²) in [6.07, 6.45) is 22.3. The van der Waals surface area contributed by atoms with E-state index in [1.54, 1.807) is 0 Å². The van der Waals surface area contributed by atoms with Crippen LogP contribution in [0.25, 0.3) is 0 Å². The van der Waals surface area contributed by atoms with Crippen LogP contribution in [0.1, 0.15) is 154 Å². The SMILES string of the molecule is O=C(C1CC2CCC1C2)N(C(=O)C1CC2CCC1C2)c1nc(N(C(=O)C2CC3CCC2C3)C(=O)C2CC3CCC2C3)nc(N(C(=O)C2CC3CCC2C3)C(=O)C2CC3CCC2C3)n1. The highest BCUT2D eigenvalue weighted by atomic mass is 16.2. The van der Waals surface area contributed by atoms with Crippen molar-refractivity contribution in [3.8, 4) is 0 Å². The minimum absolute atomic E-state index is 0.170. The maximum Gasteiger partial charge on any atom is 0.245 e. The highest BCUT2D eigenvalue weighted by Crippen LogP contribution is 2.55. The molecule has 0 saturated heterocycles. The quantitative estimate of drug-likeness (QED) is 0.225. The zero-order valence-electron chi connectivity index (χ0n) is 37.0. The summed E-state index contributed by atoms with van der Waals surface area (Å²) in [7, 11) is 0. The van der Waals surface area contributed by atoms with E-state index in [1.807, 2.05) is 0 Å². The molecule has 1 heterocycles. The molecule has 336 valence electrons. The predicted octanol–water partition coefficient (Wildman–Crippen LogP) is 8.07. The van der Waals surface area contributed by atoms with Gasteiger partial charge in [0.25, 0.3) is 0 Å². The molecular formula is C51H66N6O6. The van der Waals surface area contributed by atoms with Crippen molar-refractivity contribution in [2.24, 2.45) is 107 Å². The van der Waals surface area contributed by atoms with Crippen LogP contribution in [-0.2, 0) is 28.8 Å². The number of carbonyl (C=O) groups excluding carboxylic acids is 6. The largest absolute Gasteiger partial charge is 0.274 e. The zero-order valence-corrected chi connectivity index (χ0v) is 37.0. The second-order valence-corrected chi connectivity index (χ2v) is 24.0. The maximum absolute atomic E-state index is 15.3. The first kappa shape index (κ1) is 39.8. The lowest BCUT2D eigenvalue weighted by atomic mass is 9.85. The Bertz CT molecular complexity index is 1780. The molecule has 12 saturated carbocycles. The van der Waals surface area contributed by atoms with Gasteiger partial charge >= 0.3 is 0 Å². The molecule has 12 nitrogen and oxygen atoms in total. The fourth-order valence-electron chi connectivity index (χ4n) is 17.8. The minimum atomic E-state index is -0.361. The lowest BCUT2D eigenvalue weighted by Gasteiger charge is -2.34. The Hall–Kier alpha value is -3.57. The van der Waals surface area contributed by atoms with Crippen LogP contribution in [0.3, 0.4) is 0 Å². The van der Waals surface area contributed by atoms with Crippen molar-refractivity contribution >= 4 is 53.3 Å². The molecule has 18 atom stereocenters. The van der Waals surface area contributed by atoms with Crippen molar-refractivity contribution < 1.29 is 28.8 Å². The first-order valence-corrected chi connectivity index (χ1v) is 26.0. The van der Waals surface area contributed by atoms with Gasteiger partial charge in [-0.05, 0) is 187 Å². The molecule has 12 fully saturated rings. The van der Waals surface area contributed by atoms with Crippen molar-refractivity contribution in [3.05, 3.63) is 0 Å². The normalized spacial score (nSPS) is 44.0. The monoisotopic (exact) mass is 859 g/mol. The van der Waals surface area contributed by atoms with E-state index in [-0.39, 0.29) is 124 Å². The van der Waals surface area contributed by atoms with Gasteiger partial charge in [0.15, 0.2) is 0 Å². The van der Waals surface area contributed by atoms with E-state index >= 15 is 28.8 Å². The summed E-state index contributed by atoms with van der Waals surface area (Å²) >= 11 is 0. The van der Waals surface area contributed by atoms with Crippen molar-refractivity contribution in [2.75, 3.05) is 14.7 Å². The van der Waals surface area contributed by atoms with Crippen molar-refractivity contribution in [2.45, 2.75) is 154 Å². The molecule has 63 heavy (non-hydrogen) atoms. The van der Waals surface area contributed by atoms with E-state index in [1.165, 1.54) is 14.7 Å². The molecule has 1 aromatic rings. The van der Waals surface area contributed by atoms with Gasteiger partial charge in [-0.3, -0.25) is 28.8 Å². The third-order valence-corrected chi connectivity index (χ3v) is 20.9. The van der Waals surface area contributed by atoms with Gasteiger partial charge in [-0.25, -0.2) is 14.7 Å². The number of imide groups is 3. The lowest BCUT2D eigenvalue weighted by Crippen LogP contribution is -2.51. The van der Waals surface area contributed by atoms with E-state index < -0.39 is 0 Å². The third-order valence-electron chi connectivity index (χ3n) is 20.9. The summed E-state index contributed by atoms with van der Waals surface area (Å²) in [6, 6.07) is 0. The van der Waals surface area contributed by atoms with Gasteiger partial charge in [-0.15, -0.1) is 0 Å². The highest BCUT2D eigenvalue weighted by Gasteiger charge is 2.55. The average molecular weight is 859 g/mol. The van der Waals surface area contributed by atoms with E-state index in [0.29, 0.717) is 74.0 Å². The molecule has 1 aromatic heterocycles. The van der Waals surface area contributed by atoms with Crippen LogP contribution in [0.5, 0.6) is 0 Å². The number of hydrogen-bond acceptors (Lipinski definition) is 9. The molecule has 13 rings (SSSR count). The van der Waals surface area contributed by atoms with Gasteiger partial charge in [-0.1, -0.05) is 38.5 Å². The van der Waals surface area contributed by atoms with Crippen LogP contribution in [0.2, 0.25) is 0 Å². The Morgan fingerprint density at radius 2 is 0.444 bits per heavy atom. The van der Waals surface area contributed by atoms with Crippen molar-refractivity contribution in [1.29, 1.82) is 0 Å². The number of nitrogens with zero attached hydrogens (tertiary/aromatic N) is 6. The van der Waals surface area contributed by atoms with Crippen LogP contribution >= 0.6 is 0 Å². The summed E-state index contributed by atoms with van der Waals surface area (Å²) in [4.78, 5) is 111. The number of anilines is 3. The van der Waals surface area contributed by atoms with E-state index in [9.17, 15) is 0 Å². The van der Waals surface area contributed by atoms with E-state index in [0.717, 1.165) is 116 Å². The Labute approximate surface area is 371 Å². The zero-order chi connectivity index (χ0) is 42.4. The molecule has 0 N–H and O–H groups in total. The minimum Gasteiger partial charge on any atom is -0.274 e. The number of aromatic nitrogens is 3. The fourth-order valence-corrected chi connectivity index (χ4v) is 17.8. The molecule has 12 heteroatoms. The third kappa shape index (κ3) is 6.41. The van der Waals surface area contributed by atoms with Crippen LogP contribution in [0, 0.1) is 107 Å². The Balaban J connectivity index is 0.977. The first-order valence-electron chi connectivity index (χ1n) is 26.0. The van der Waals surface area contributed by atoms with Gasteiger partial charge < -0.3 is 0 Å². The van der Waals surface area contributed by atoms with Gasteiger partial charge in [0.1, 0.15) is 0 Å². The molecule has 18 unspecified atom stereocenters. The van der Waals surface area contributed by atoms with Gasteiger partial charge in [-0.2, -0.15) is 15.0 Å². The van der Waals surface area contributed by atoms with Gasteiger partial charge in [0.2, 0.25) is 53.3 Å². The molecule has 0 radical (unpaired) electrons. The molecule has 6 amide bonds. The van der Waals surface area contributed by atoms with Gasteiger partial charge in [0.05, 0.1) is 0 Å². The first-order chi connectivity index (χ1) is 30.6. The predicted molar refractivity (Wildman–Crippen MR) is 231 cm³/mol. The second kappa shape index (κ2) is 15.0. The molecule has 12 aliphatic rings. The number of fused-ring (bicyclic) bond motifs is 12. The molecular weight excluding hydrogens is 793 g/mol. The Kier molecular flexibility index (Phi) is 9.45. The van der Waals surface area contributed by atoms with E-state index in [2.05, 4.69) is 0 Å². The molecule has 0 aromatic carbocycles. The second-order valence-electron chi connectivity index (χ2n) is 24.0. The van der Waals surface area contributed by atoms with Crippen LogP contribution in [-0.4, -0.2) is 50.4 Å². The van der Waals surface area contributed by atoms with Crippen LogP contribution < -0.4 is 14.7 Å². The molecule has 0 aliphatic heterocycles. The summed E-state index contributed by atoms with van der Waals surface area (Å²) < 4.78 is 0. The maximum atomic E-state index is 15.3. The summed E-state index contributed by atoms with van der Waals surface area (Å²) in [5.74, 6) is -1.01. The molecule has 0 spiro atoms. The Morgan fingerprint density at radius 3 is 0.571 bits per heavy atom. The number of amides is 6. The summed E-state index contributed by atoms with van der Waals surface area (Å²) in [5, 5.41) is 0. The molecule has 12 aliphatic carbocycles. The highest BCUT2D eigenvalue weighted by molar-refractivity contribution is 6.19. The summed E-state index contributed by atoms with van der Waals surface area (Å²) in [5.41, 5.74) is 0. The van der Waals surface area contributed by atoms with Crippen molar-refractivity contribution in [3.63, 3.8) is 0 Å². The van der Waals surface area contributed by atoms with Gasteiger partial charge in [0, 0.05) is 35.5 Å². The topological polar surface area (TPSA) is 151 Å². The van der Waals surface area contributed by atoms with Crippen LogP contribution in [0.15, 0.2) is 0 Å².